The molecule has 0 aromatic carbocycles. The van der Waals surface area contributed by atoms with E-state index in [0.717, 1.165) is 13.0 Å². The smallest absolute Gasteiger partial charge is 0.374 e. The third-order valence-electron chi connectivity index (χ3n) is 3.49. The highest BCUT2D eigenvalue weighted by atomic mass is 16.5. The third kappa shape index (κ3) is 3.60. The Morgan fingerprint density at radius 2 is 2.44 bits per heavy atom. The number of rotatable bonds is 5. The number of esters is 1. The molecular weight excluding hydrogens is 230 g/mol. The van der Waals surface area contributed by atoms with Crippen molar-refractivity contribution in [2.75, 3.05) is 19.7 Å². The maximum absolute atomic E-state index is 11.5. The summed E-state index contributed by atoms with van der Waals surface area (Å²) in [6, 6.07) is 3.97. The van der Waals surface area contributed by atoms with Gasteiger partial charge in [0.25, 0.3) is 0 Å². The van der Waals surface area contributed by atoms with Crippen LogP contribution >= 0.6 is 0 Å². The van der Waals surface area contributed by atoms with E-state index in [1.807, 2.05) is 0 Å². The summed E-state index contributed by atoms with van der Waals surface area (Å²) in [6.07, 6.45) is 6.27. The first-order valence-corrected chi connectivity index (χ1v) is 6.72. The Labute approximate surface area is 108 Å². The van der Waals surface area contributed by atoms with Gasteiger partial charge in [-0.25, -0.2) is 4.79 Å². The molecule has 1 unspecified atom stereocenters. The molecule has 100 valence electrons. The predicted octanol–water partition coefficient (Wildman–Crippen LogP) is 2.70. The van der Waals surface area contributed by atoms with E-state index < -0.39 is 0 Å². The molecule has 2 rings (SSSR count). The van der Waals surface area contributed by atoms with Crippen molar-refractivity contribution in [2.45, 2.75) is 38.6 Å². The summed E-state index contributed by atoms with van der Waals surface area (Å²) in [6.45, 7) is 4.91. The Balaban J connectivity index is 1.62. The normalized spacial score (nSPS) is 20.8. The minimum absolute atomic E-state index is 0.279. The van der Waals surface area contributed by atoms with Crippen LogP contribution in [-0.4, -0.2) is 36.6 Å². The number of hydrogen-bond acceptors (Lipinski definition) is 4. The summed E-state index contributed by atoms with van der Waals surface area (Å²) in [5, 5.41) is 0. The van der Waals surface area contributed by atoms with Gasteiger partial charge in [0.15, 0.2) is 0 Å². The second-order valence-corrected chi connectivity index (χ2v) is 4.85. The van der Waals surface area contributed by atoms with Gasteiger partial charge in [0.05, 0.1) is 12.9 Å². The Bertz CT molecular complexity index is 361. The van der Waals surface area contributed by atoms with Crippen LogP contribution in [0.15, 0.2) is 22.8 Å². The number of hydrogen-bond donors (Lipinski definition) is 0. The number of furan rings is 1. The quantitative estimate of drug-likeness (QED) is 0.596. The van der Waals surface area contributed by atoms with E-state index >= 15 is 0 Å². The molecule has 1 aromatic rings. The molecule has 0 aliphatic carbocycles. The van der Waals surface area contributed by atoms with Gasteiger partial charge >= 0.3 is 5.97 Å². The molecule has 1 atom stereocenters. The summed E-state index contributed by atoms with van der Waals surface area (Å²) in [4.78, 5) is 14.0. The number of carbonyl (C=O) groups excluding carboxylic acids is 1. The number of carbonyl (C=O) groups is 1. The first-order chi connectivity index (χ1) is 8.77. The largest absolute Gasteiger partial charge is 0.460 e. The fraction of sp³-hybridized carbons (Fsp3) is 0.643. The highest BCUT2D eigenvalue weighted by molar-refractivity contribution is 5.86. The number of likely N-dealkylation sites (tertiary alicyclic amines) is 1. The summed E-state index contributed by atoms with van der Waals surface area (Å²) < 4.78 is 10.1. The molecule has 2 heterocycles. The fourth-order valence-corrected chi connectivity index (χ4v) is 2.39. The molecule has 1 aromatic heterocycles. The lowest BCUT2D eigenvalue weighted by Crippen LogP contribution is -2.38. The first-order valence-electron chi connectivity index (χ1n) is 6.72. The van der Waals surface area contributed by atoms with Crippen LogP contribution in [0, 0.1) is 0 Å². The van der Waals surface area contributed by atoms with E-state index in [4.69, 9.17) is 9.15 Å². The Morgan fingerprint density at radius 3 is 3.17 bits per heavy atom. The second kappa shape index (κ2) is 6.59. The molecule has 1 aliphatic rings. The molecule has 0 N–H and O–H groups in total. The van der Waals surface area contributed by atoms with Gasteiger partial charge in [0.1, 0.15) is 0 Å². The number of piperidine rings is 1. The summed E-state index contributed by atoms with van der Waals surface area (Å²) in [5.41, 5.74) is 0. The van der Waals surface area contributed by atoms with Gasteiger partial charge in [-0.3, -0.25) is 0 Å². The monoisotopic (exact) mass is 251 g/mol. The molecule has 0 amide bonds. The van der Waals surface area contributed by atoms with Crippen LogP contribution in [-0.2, 0) is 4.74 Å². The fourth-order valence-electron chi connectivity index (χ4n) is 2.39. The van der Waals surface area contributed by atoms with Crippen molar-refractivity contribution in [3.05, 3.63) is 24.2 Å². The summed E-state index contributed by atoms with van der Waals surface area (Å²) in [7, 11) is 0. The lowest BCUT2D eigenvalue weighted by atomic mass is 10.0. The summed E-state index contributed by atoms with van der Waals surface area (Å²) >= 11 is 0. The standard InChI is InChI=1S/C14H21NO3/c1-12-6-2-3-8-15(12)9-5-11-18-14(16)13-7-4-10-17-13/h4,7,10,12H,2-3,5-6,8-9,11H2,1H3. The van der Waals surface area contributed by atoms with Gasteiger partial charge in [-0.15, -0.1) is 0 Å². The van der Waals surface area contributed by atoms with Crippen molar-refractivity contribution in [1.82, 2.24) is 4.90 Å². The van der Waals surface area contributed by atoms with Crippen LogP contribution in [0.5, 0.6) is 0 Å². The van der Waals surface area contributed by atoms with E-state index in [9.17, 15) is 4.79 Å². The molecule has 0 bridgehead atoms. The van der Waals surface area contributed by atoms with Crippen molar-refractivity contribution >= 4 is 5.97 Å². The molecule has 0 radical (unpaired) electrons. The van der Waals surface area contributed by atoms with Crippen molar-refractivity contribution < 1.29 is 13.9 Å². The minimum atomic E-state index is -0.369. The van der Waals surface area contributed by atoms with Gasteiger partial charge in [-0.05, 0) is 44.9 Å². The maximum Gasteiger partial charge on any atom is 0.374 e. The Kier molecular flexibility index (Phi) is 4.81. The zero-order valence-electron chi connectivity index (χ0n) is 10.9. The Morgan fingerprint density at radius 1 is 1.56 bits per heavy atom. The van der Waals surface area contributed by atoms with Gasteiger partial charge in [0, 0.05) is 12.6 Å². The molecule has 1 fully saturated rings. The third-order valence-corrected chi connectivity index (χ3v) is 3.49. The van der Waals surface area contributed by atoms with Gasteiger partial charge in [-0.2, -0.15) is 0 Å². The van der Waals surface area contributed by atoms with Gasteiger partial charge in [-0.1, -0.05) is 6.42 Å². The minimum Gasteiger partial charge on any atom is -0.460 e. The first kappa shape index (κ1) is 13.1. The Hall–Kier alpha value is -1.29. The highest BCUT2D eigenvalue weighted by Crippen LogP contribution is 2.16. The van der Waals surface area contributed by atoms with Crippen LogP contribution < -0.4 is 0 Å². The molecule has 0 spiro atoms. The van der Waals surface area contributed by atoms with Crippen LogP contribution in [0.4, 0.5) is 0 Å². The molecule has 4 heteroatoms. The van der Waals surface area contributed by atoms with Crippen molar-refractivity contribution in [2.24, 2.45) is 0 Å². The van der Waals surface area contributed by atoms with Crippen molar-refractivity contribution in [1.29, 1.82) is 0 Å². The van der Waals surface area contributed by atoms with E-state index in [1.54, 1.807) is 12.1 Å². The number of ether oxygens (including phenoxy) is 1. The van der Waals surface area contributed by atoms with Crippen LogP contribution in [0.2, 0.25) is 0 Å². The average molecular weight is 251 g/mol. The van der Waals surface area contributed by atoms with Crippen molar-refractivity contribution in [3.8, 4) is 0 Å². The molecule has 1 saturated heterocycles. The topological polar surface area (TPSA) is 42.7 Å². The SMILES string of the molecule is CC1CCCCN1CCCOC(=O)c1ccco1. The highest BCUT2D eigenvalue weighted by Gasteiger charge is 2.17. The maximum atomic E-state index is 11.5. The lowest BCUT2D eigenvalue weighted by molar-refractivity contribution is 0.0440. The predicted molar refractivity (Wildman–Crippen MR) is 68.5 cm³/mol. The van der Waals surface area contributed by atoms with Gasteiger partial charge < -0.3 is 14.1 Å². The number of nitrogens with zero attached hydrogens (tertiary/aromatic N) is 1. The zero-order chi connectivity index (χ0) is 12.8. The average Bonchev–Trinajstić information content (AvgIpc) is 2.90. The molecule has 18 heavy (non-hydrogen) atoms. The van der Waals surface area contributed by atoms with Crippen LogP contribution in [0.1, 0.15) is 43.2 Å². The van der Waals surface area contributed by atoms with Gasteiger partial charge in [0.2, 0.25) is 5.76 Å². The molecular formula is C14H21NO3. The van der Waals surface area contributed by atoms with E-state index in [-0.39, 0.29) is 11.7 Å². The lowest BCUT2D eigenvalue weighted by Gasteiger charge is -2.33. The zero-order valence-corrected chi connectivity index (χ0v) is 10.9. The van der Waals surface area contributed by atoms with E-state index in [0.29, 0.717) is 12.6 Å². The molecule has 4 nitrogen and oxygen atoms in total. The molecule has 0 saturated carbocycles. The van der Waals surface area contributed by atoms with Crippen LogP contribution in [0.25, 0.3) is 0 Å². The summed E-state index contributed by atoms with van der Waals surface area (Å²) in [5.74, 6) is -0.0898. The second-order valence-electron chi connectivity index (χ2n) is 4.85. The molecule has 1 aliphatic heterocycles. The van der Waals surface area contributed by atoms with E-state index in [2.05, 4.69) is 11.8 Å². The van der Waals surface area contributed by atoms with E-state index in [1.165, 1.54) is 32.1 Å². The van der Waals surface area contributed by atoms with Crippen LogP contribution in [0.3, 0.4) is 0 Å². The van der Waals surface area contributed by atoms with Crippen molar-refractivity contribution in [3.63, 3.8) is 0 Å².